The molecular formula is C14H26N2O2. The number of nitrogens with zero attached hydrogens (tertiary/aromatic N) is 1. The summed E-state index contributed by atoms with van der Waals surface area (Å²) in [7, 11) is 0. The molecule has 4 heteroatoms. The molecule has 2 rings (SSSR count). The highest BCUT2D eigenvalue weighted by Gasteiger charge is 2.35. The van der Waals surface area contributed by atoms with Crippen molar-refractivity contribution >= 4 is 5.91 Å². The van der Waals surface area contributed by atoms with Crippen molar-refractivity contribution in [2.75, 3.05) is 19.6 Å². The average Bonchev–Trinajstić information content (AvgIpc) is 2.72. The highest BCUT2D eigenvalue weighted by molar-refractivity contribution is 5.76. The minimum atomic E-state index is 0.304. The van der Waals surface area contributed by atoms with Crippen LogP contribution >= 0.6 is 0 Å². The van der Waals surface area contributed by atoms with Gasteiger partial charge in [-0.05, 0) is 38.1 Å². The topological polar surface area (TPSA) is 55.6 Å². The normalized spacial score (nSPS) is 28.4. The van der Waals surface area contributed by atoms with Gasteiger partial charge in [-0.1, -0.05) is 13.3 Å². The zero-order valence-corrected chi connectivity index (χ0v) is 11.4. The molecule has 0 spiro atoms. The summed E-state index contributed by atoms with van der Waals surface area (Å²) in [5, 5.41) is 0. The van der Waals surface area contributed by atoms with Gasteiger partial charge in [-0.25, -0.2) is 0 Å². The van der Waals surface area contributed by atoms with Crippen LogP contribution in [0.5, 0.6) is 0 Å². The number of likely N-dealkylation sites (tertiary alicyclic amines) is 1. The molecule has 2 saturated heterocycles. The zero-order valence-electron chi connectivity index (χ0n) is 11.4. The molecule has 18 heavy (non-hydrogen) atoms. The first-order chi connectivity index (χ1) is 8.72. The van der Waals surface area contributed by atoms with Crippen molar-refractivity contribution in [2.45, 2.75) is 57.7 Å². The fourth-order valence-electron chi connectivity index (χ4n) is 3.09. The summed E-state index contributed by atoms with van der Waals surface area (Å²) in [5.41, 5.74) is 5.59. The van der Waals surface area contributed by atoms with E-state index in [1.165, 1.54) is 0 Å². The lowest BCUT2D eigenvalue weighted by molar-refractivity contribution is -0.140. The molecule has 0 aromatic carbocycles. The van der Waals surface area contributed by atoms with Gasteiger partial charge in [0.15, 0.2) is 0 Å². The van der Waals surface area contributed by atoms with Crippen molar-refractivity contribution in [1.82, 2.24) is 4.90 Å². The third-order valence-electron chi connectivity index (χ3n) is 4.31. The molecule has 0 saturated carbocycles. The molecule has 3 atom stereocenters. The molecule has 2 fully saturated rings. The van der Waals surface area contributed by atoms with Crippen LogP contribution in [0.2, 0.25) is 0 Å². The van der Waals surface area contributed by atoms with Gasteiger partial charge in [0.05, 0.1) is 12.2 Å². The highest BCUT2D eigenvalue weighted by Crippen LogP contribution is 2.27. The molecular weight excluding hydrogens is 228 g/mol. The van der Waals surface area contributed by atoms with Crippen molar-refractivity contribution in [2.24, 2.45) is 11.7 Å². The molecule has 0 radical (unpaired) electrons. The highest BCUT2D eigenvalue weighted by atomic mass is 16.5. The number of carbonyl (C=O) groups is 1. The van der Waals surface area contributed by atoms with Crippen LogP contribution in [0.1, 0.15) is 45.4 Å². The molecule has 2 bridgehead atoms. The van der Waals surface area contributed by atoms with Gasteiger partial charge in [0.25, 0.3) is 0 Å². The van der Waals surface area contributed by atoms with Crippen LogP contribution in [-0.2, 0) is 9.53 Å². The van der Waals surface area contributed by atoms with Crippen LogP contribution in [0.25, 0.3) is 0 Å². The fourth-order valence-corrected chi connectivity index (χ4v) is 3.09. The molecule has 4 nitrogen and oxygen atoms in total. The number of carbonyl (C=O) groups excluding carboxylic acids is 1. The number of fused-ring (bicyclic) bond motifs is 2. The second-order valence-electron chi connectivity index (χ2n) is 5.65. The van der Waals surface area contributed by atoms with Crippen LogP contribution in [-0.4, -0.2) is 42.6 Å². The molecule has 2 aliphatic rings. The lowest BCUT2D eigenvalue weighted by Crippen LogP contribution is -2.45. The van der Waals surface area contributed by atoms with Gasteiger partial charge in [0.2, 0.25) is 5.91 Å². The number of ether oxygens (including phenoxy) is 1. The first-order valence-electron chi connectivity index (χ1n) is 7.36. The van der Waals surface area contributed by atoms with E-state index in [1.54, 1.807) is 0 Å². The number of nitrogens with two attached hydrogens (primary N) is 1. The number of morpholine rings is 1. The first kappa shape index (κ1) is 13.8. The quantitative estimate of drug-likeness (QED) is 0.782. The number of hydrogen-bond donors (Lipinski definition) is 1. The van der Waals surface area contributed by atoms with Gasteiger partial charge in [-0.3, -0.25) is 4.79 Å². The van der Waals surface area contributed by atoms with E-state index in [9.17, 15) is 4.79 Å². The molecule has 3 unspecified atom stereocenters. The van der Waals surface area contributed by atoms with Gasteiger partial charge >= 0.3 is 0 Å². The summed E-state index contributed by atoms with van der Waals surface area (Å²) in [4.78, 5) is 14.2. The maximum Gasteiger partial charge on any atom is 0.222 e. The van der Waals surface area contributed by atoms with E-state index in [0.29, 0.717) is 30.5 Å². The van der Waals surface area contributed by atoms with Crippen molar-refractivity contribution < 1.29 is 9.53 Å². The van der Waals surface area contributed by atoms with Crippen LogP contribution in [0.15, 0.2) is 0 Å². The second kappa shape index (κ2) is 6.53. The van der Waals surface area contributed by atoms with Gasteiger partial charge in [-0.15, -0.1) is 0 Å². The minimum absolute atomic E-state index is 0.304. The Morgan fingerprint density at radius 3 is 2.56 bits per heavy atom. The predicted molar refractivity (Wildman–Crippen MR) is 71.2 cm³/mol. The molecule has 2 heterocycles. The van der Waals surface area contributed by atoms with E-state index in [2.05, 4.69) is 6.92 Å². The average molecular weight is 254 g/mol. The van der Waals surface area contributed by atoms with Crippen molar-refractivity contribution in [3.8, 4) is 0 Å². The summed E-state index contributed by atoms with van der Waals surface area (Å²) < 4.78 is 5.75. The molecule has 2 N–H and O–H groups in total. The van der Waals surface area contributed by atoms with Crippen LogP contribution < -0.4 is 5.73 Å². The largest absolute Gasteiger partial charge is 0.371 e. The van der Waals surface area contributed by atoms with Crippen LogP contribution in [0.3, 0.4) is 0 Å². The predicted octanol–water partition coefficient (Wildman–Crippen LogP) is 1.53. The maximum absolute atomic E-state index is 12.2. The Morgan fingerprint density at radius 2 is 2.00 bits per heavy atom. The van der Waals surface area contributed by atoms with Crippen molar-refractivity contribution in [3.63, 3.8) is 0 Å². The Morgan fingerprint density at radius 1 is 1.33 bits per heavy atom. The smallest absolute Gasteiger partial charge is 0.222 e. The number of rotatable bonds is 6. The first-order valence-corrected chi connectivity index (χ1v) is 7.36. The van der Waals surface area contributed by atoms with Gasteiger partial charge in [-0.2, -0.15) is 0 Å². The molecule has 0 aromatic rings. The monoisotopic (exact) mass is 254 g/mol. The Bertz CT molecular complexity index is 271. The van der Waals surface area contributed by atoms with E-state index in [1.807, 2.05) is 4.90 Å². The molecule has 0 aromatic heterocycles. The molecule has 2 aliphatic heterocycles. The Kier molecular flexibility index (Phi) is 5.01. The van der Waals surface area contributed by atoms with Gasteiger partial charge in [0.1, 0.15) is 0 Å². The van der Waals surface area contributed by atoms with Gasteiger partial charge in [0, 0.05) is 19.5 Å². The minimum Gasteiger partial charge on any atom is -0.371 e. The van der Waals surface area contributed by atoms with Crippen LogP contribution in [0.4, 0.5) is 0 Å². The fraction of sp³-hybridized carbons (Fsp3) is 0.929. The summed E-state index contributed by atoms with van der Waals surface area (Å²) in [6.45, 7) is 4.53. The number of hydrogen-bond acceptors (Lipinski definition) is 3. The van der Waals surface area contributed by atoms with E-state index in [-0.39, 0.29) is 0 Å². The maximum atomic E-state index is 12.2. The van der Waals surface area contributed by atoms with E-state index in [4.69, 9.17) is 10.5 Å². The lowest BCUT2D eigenvalue weighted by Gasteiger charge is -2.32. The van der Waals surface area contributed by atoms with E-state index in [0.717, 1.165) is 51.7 Å². The second-order valence-corrected chi connectivity index (χ2v) is 5.65. The summed E-state index contributed by atoms with van der Waals surface area (Å²) in [6, 6.07) is 0. The Balaban J connectivity index is 1.74. The Labute approximate surface area is 110 Å². The Hall–Kier alpha value is -0.610. The third-order valence-corrected chi connectivity index (χ3v) is 4.31. The van der Waals surface area contributed by atoms with Crippen molar-refractivity contribution in [3.05, 3.63) is 0 Å². The SMILES string of the molecule is CCC(CCN)CCC(=O)N1CC2CCC(C1)O2. The molecule has 104 valence electrons. The zero-order chi connectivity index (χ0) is 13.0. The lowest BCUT2D eigenvalue weighted by atomic mass is 9.96. The van der Waals surface area contributed by atoms with Crippen LogP contribution in [0, 0.1) is 5.92 Å². The summed E-state index contributed by atoms with van der Waals surface area (Å²) in [5.74, 6) is 0.919. The third kappa shape index (κ3) is 3.45. The number of amides is 1. The van der Waals surface area contributed by atoms with E-state index < -0.39 is 0 Å². The summed E-state index contributed by atoms with van der Waals surface area (Å²) in [6.07, 6.45) is 6.68. The van der Waals surface area contributed by atoms with Gasteiger partial charge < -0.3 is 15.4 Å². The summed E-state index contributed by atoms with van der Waals surface area (Å²) >= 11 is 0. The van der Waals surface area contributed by atoms with Crippen molar-refractivity contribution in [1.29, 1.82) is 0 Å². The molecule has 1 amide bonds. The molecule has 0 aliphatic carbocycles. The standard InChI is InChI=1S/C14H26N2O2/c1-2-11(7-8-15)3-6-14(17)16-9-12-4-5-13(10-16)18-12/h11-13H,2-10,15H2,1H3. The van der Waals surface area contributed by atoms with E-state index >= 15 is 0 Å².